The summed E-state index contributed by atoms with van der Waals surface area (Å²) in [7, 11) is 1.67. The number of benzene rings is 2. The highest BCUT2D eigenvalue weighted by Crippen LogP contribution is 2.43. The van der Waals surface area contributed by atoms with E-state index >= 15 is 0 Å². The van der Waals surface area contributed by atoms with Crippen molar-refractivity contribution in [1.82, 2.24) is 15.1 Å². The smallest absolute Gasteiger partial charge is 0.255 e. The first kappa shape index (κ1) is 18.3. The molecule has 1 fully saturated rings. The number of hydrogen-bond acceptors (Lipinski definition) is 2. The Labute approximate surface area is 162 Å². The predicted molar refractivity (Wildman–Crippen MR) is 103 cm³/mol. The molecule has 1 amide bonds. The van der Waals surface area contributed by atoms with E-state index in [1.54, 1.807) is 13.2 Å². The van der Waals surface area contributed by atoms with Crippen molar-refractivity contribution in [3.63, 3.8) is 0 Å². The molecule has 144 valence electrons. The Balaban J connectivity index is 1.58. The average molecular weight is 381 g/mol. The normalized spacial score (nSPS) is 15.1. The third kappa shape index (κ3) is 3.30. The van der Waals surface area contributed by atoms with E-state index in [0.717, 1.165) is 31.4 Å². The number of aryl methyl sites for hydroxylation is 1. The standard InChI is InChI=1S/C22H21F2N3O/c1-27-13-18(20(26-27)17-9-8-16(23)12-19(17)24)21(28)25-14-22(10-5-11-22)15-6-3-2-4-7-15/h2-4,6-9,12-13H,5,10-11,14H2,1H3,(H,25,28). The van der Waals surface area contributed by atoms with Gasteiger partial charge in [0.2, 0.25) is 0 Å². The molecule has 0 spiro atoms. The number of amides is 1. The second-order valence-electron chi connectivity index (χ2n) is 7.37. The number of carbonyl (C=O) groups is 1. The summed E-state index contributed by atoms with van der Waals surface area (Å²) in [5.74, 6) is -1.72. The summed E-state index contributed by atoms with van der Waals surface area (Å²) in [6.45, 7) is 0.510. The molecule has 1 aliphatic carbocycles. The second-order valence-corrected chi connectivity index (χ2v) is 7.37. The summed E-state index contributed by atoms with van der Waals surface area (Å²) in [6.07, 6.45) is 4.72. The molecule has 0 bridgehead atoms. The van der Waals surface area contributed by atoms with Crippen LogP contribution in [-0.2, 0) is 12.5 Å². The molecular weight excluding hydrogens is 360 g/mol. The van der Waals surface area contributed by atoms with Gasteiger partial charge in [0.25, 0.3) is 5.91 Å². The maximum absolute atomic E-state index is 14.2. The molecule has 6 heteroatoms. The van der Waals surface area contributed by atoms with Crippen molar-refractivity contribution in [1.29, 1.82) is 0 Å². The highest BCUT2D eigenvalue weighted by Gasteiger charge is 2.39. The fourth-order valence-corrected chi connectivity index (χ4v) is 3.84. The van der Waals surface area contributed by atoms with Crippen LogP contribution in [0.4, 0.5) is 8.78 Å². The molecular formula is C22H21F2N3O. The van der Waals surface area contributed by atoms with Gasteiger partial charge >= 0.3 is 0 Å². The molecule has 0 radical (unpaired) electrons. The maximum Gasteiger partial charge on any atom is 0.255 e. The minimum absolute atomic E-state index is 0.0551. The van der Waals surface area contributed by atoms with E-state index < -0.39 is 11.6 Å². The van der Waals surface area contributed by atoms with Gasteiger partial charge in [-0.05, 0) is 30.5 Å². The molecule has 0 unspecified atom stereocenters. The van der Waals surface area contributed by atoms with Crippen LogP contribution in [0, 0.1) is 11.6 Å². The highest BCUT2D eigenvalue weighted by molar-refractivity contribution is 5.99. The van der Waals surface area contributed by atoms with Crippen molar-refractivity contribution in [2.75, 3.05) is 6.54 Å². The van der Waals surface area contributed by atoms with Gasteiger partial charge in [0.1, 0.15) is 17.3 Å². The van der Waals surface area contributed by atoms with Crippen molar-refractivity contribution in [3.8, 4) is 11.3 Å². The summed E-state index contributed by atoms with van der Waals surface area (Å²) in [6, 6.07) is 13.4. The van der Waals surface area contributed by atoms with Crippen LogP contribution < -0.4 is 5.32 Å². The third-order valence-electron chi connectivity index (χ3n) is 5.54. The molecule has 1 aliphatic rings. The van der Waals surface area contributed by atoms with Crippen LogP contribution in [0.2, 0.25) is 0 Å². The van der Waals surface area contributed by atoms with Gasteiger partial charge in [-0.15, -0.1) is 0 Å². The van der Waals surface area contributed by atoms with E-state index in [1.807, 2.05) is 18.2 Å². The molecule has 2 aromatic carbocycles. The molecule has 0 aliphatic heterocycles. The van der Waals surface area contributed by atoms with Gasteiger partial charge in [-0.25, -0.2) is 8.78 Å². The summed E-state index contributed by atoms with van der Waals surface area (Å²) in [5.41, 5.74) is 1.75. The fraction of sp³-hybridized carbons (Fsp3) is 0.273. The molecule has 1 N–H and O–H groups in total. The molecule has 1 saturated carbocycles. The minimum Gasteiger partial charge on any atom is -0.351 e. The Hall–Kier alpha value is -3.02. The van der Waals surface area contributed by atoms with Gasteiger partial charge in [0.15, 0.2) is 0 Å². The van der Waals surface area contributed by atoms with E-state index in [0.29, 0.717) is 6.54 Å². The lowest BCUT2D eigenvalue weighted by molar-refractivity contribution is 0.0928. The number of halogens is 2. The van der Waals surface area contributed by atoms with Crippen LogP contribution in [0.3, 0.4) is 0 Å². The summed E-state index contributed by atoms with van der Waals surface area (Å²) >= 11 is 0. The van der Waals surface area contributed by atoms with Crippen molar-refractivity contribution < 1.29 is 13.6 Å². The maximum atomic E-state index is 14.2. The lowest BCUT2D eigenvalue weighted by Gasteiger charge is -2.42. The molecule has 1 aromatic heterocycles. The Morgan fingerprint density at radius 2 is 1.93 bits per heavy atom. The van der Waals surface area contributed by atoms with Gasteiger partial charge in [-0.1, -0.05) is 36.8 Å². The Bertz CT molecular complexity index is 1010. The molecule has 4 rings (SSSR count). The molecule has 0 atom stereocenters. The number of carbonyl (C=O) groups excluding carboxylic acids is 1. The van der Waals surface area contributed by atoms with Crippen molar-refractivity contribution in [3.05, 3.63) is 77.5 Å². The monoisotopic (exact) mass is 381 g/mol. The Kier molecular flexibility index (Phi) is 4.71. The van der Waals surface area contributed by atoms with Crippen molar-refractivity contribution in [2.24, 2.45) is 7.05 Å². The first-order valence-electron chi connectivity index (χ1n) is 9.31. The topological polar surface area (TPSA) is 46.9 Å². The van der Waals surface area contributed by atoms with Crippen LogP contribution in [0.15, 0.2) is 54.7 Å². The van der Waals surface area contributed by atoms with E-state index in [2.05, 4.69) is 22.5 Å². The third-order valence-corrected chi connectivity index (χ3v) is 5.54. The quantitative estimate of drug-likeness (QED) is 0.719. The number of rotatable bonds is 5. The van der Waals surface area contributed by atoms with E-state index in [-0.39, 0.29) is 28.1 Å². The van der Waals surface area contributed by atoms with Crippen LogP contribution in [0.5, 0.6) is 0 Å². The highest BCUT2D eigenvalue weighted by atomic mass is 19.1. The zero-order chi connectivity index (χ0) is 19.7. The van der Waals surface area contributed by atoms with E-state index in [1.165, 1.54) is 16.3 Å². The number of nitrogens with one attached hydrogen (secondary N) is 1. The van der Waals surface area contributed by atoms with Crippen molar-refractivity contribution >= 4 is 5.91 Å². The first-order valence-corrected chi connectivity index (χ1v) is 9.31. The van der Waals surface area contributed by atoms with Crippen LogP contribution in [-0.4, -0.2) is 22.2 Å². The van der Waals surface area contributed by atoms with Crippen LogP contribution in [0.25, 0.3) is 11.3 Å². The first-order chi connectivity index (χ1) is 13.5. The summed E-state index contributed by atoms with van der Waals surface area (Å²) in [4.78, 5) is 12.9. The second kappa shape index (κ2) is 7.19. The van der Waals surface area contributed by atoms with E-state index in [4.69, 9.17) is 0 Å². The van der Waals surface area contributed by atoms with E-state index in [9.17, 15) is 13.6 Å². The zero-order valence-corrected chi connectivity index (χ0v) is 15.6. The number of hydrogen-bond donors (Lipinski definition) is 1. The van der Waals surface area contributed by atoms with Gasteiger partial charge < -0.3 is 5.32 Å². The van der Waals surface area contributed by atoms with Gasteiger partial charge in [-0.2, -0.15) is 5.10 Å². The minimum atomic E-state index is -0.743. The Morgan fingerprint density at radius 3 is 2.57 bits per heavy atom. The lowest BCUT2D eigenvalue weighted by Crippen LogP contribution is -2.45. The lowest BCUT2D eigenvalue weighted by atomic mass is 9.64. The number of nitrogens with zero attached hydrogens (tertiary/aromatic N) is 2. The zero-order valence-electron chi connectivity index (χ0n) is 15.6. The number of aromatic nitrogens is 2. The molecule has 4 nitrogen and oxygen atoms in total. The van der Waals surface area contributed by atoms with Gasteiger partial charge in [0.05, 0.1) is 5.56 Å². The van der Waals surface area contributed by atoms with Crippen molar-refractivity contribution in [2.45, 2.75) is 24.7 Å². The predicted octanol–water partition coefficient (Wildman–Crippen LogP) is 4.22. The average Bonchev–Trinajstić information content (AvgIpc) is 3.03. The molecule has 28 heavy (non-hydrogen) atoms. The molecule has 3 aromatic rings. The van der Waals surface area contributed by atoms with Gasteiger partial charge in [0, 0.05) is 36.8 Å². The SMILES string of the molecule is Cn1cc(C(=O)NCC2(c3ccccc3)CCC2)c(-c2ccc(F)cc2F)n1. The molecule has 1 heterocycles. The largest absolute Gasteiger partial charge is 0.351 e. The fourth-order valence-electron chi connectivity index (χ4n) is 3.84. The Morgan fingerprint density at radius 1 is 1.18 bits per heavy atom. The van der Waals surface area contributed by atoms with Crippen LogP contribution in [0.1, 0.15) is 35.2 Å². The van der Waals surface area contributed by atoms with Crippen LogP contribution >= 0.6 is 0 Å². The summed E-state index contributed by atoms with van der Waals surface area (Å²) in [5, 5.41) is 7.23. The molecule has 0 saturated heterocycles. The summed E-state index contributed by atoms with van der Waals surface area (Å²) < 4.78 is 28.9. The van der Waals surface area contributed by atoms with Gasteiger partial charge in [-0.3, -0.25) is 9.48 Å².